The van der Waals surface area contributed by atoms with E-state index in [1.807, 2.05) is 15.7 Å². The fraction of sp³-hybridized carbons (Fsp3) is 0.500. The second kappa shape index (κ2) is 5.76. The van der Waals surface area contributed by atoms with Gasteiger partial charge in [0, 0.05) is 41.5 Å². The molecule has 2 aromatic rings. The number of piperazine rings is 1. The predicted octanol–water partition coefficient (Wildman–Crippen LogP) is 3.18. The zero-order valence-electron chi connectivity index (χ0n) is 12.6. The number of thiophene rings is 1. The Morgan fingerprint density at radius 1 is 1.36 bits per heavy atom. The number of hydrogen-bond acceptors (Lipinski definition) is 5. The van der Waals surface area contributed by atoms with Gasteiger partial charge >= 0.3 is 0 Å². The monoisotopic (exact) mass is 333 g/mol. The summed E-state index contributed by atoms with van der Waals surface area (Å²) in [7, 11) is 0. The van der Waals surface area contributed by atoms with Crippen LogP contribution in [-0.2, 0) is 0 Å². The van der Waals surface area contributed by atoms with Crippen LogP contribution in [0, 0.1) is 0 Å². The largest absolute Gasteiger partial charge is 0.332 e. The fourth-order valence-electron chi connectivity index (χ4n) is 3.51. The number of fused-ring (bicyclic) bond motifs is 1. The van der Waals surface area contributed by atoms with E-state index in [0.717, 1.165) is 23.7 Å². The minimum atomic E-state index is 0.0942. The SMILES string of the molecule is C[C@H]1CN2CCC[C@H]2CN1C(=O)c1csc(-c2ccsc2)n1. The van der Waals surface area contributed by atoms with Gasteiger partial charge in [0.25, 0.3) is 5.91 Å². The molecule has 22 heavy (non-hydrogen) atoms. The van der Waals surface area contributed by atoms with Crippen molar-refractivity contribution in [3.8, 4) is 10.6 Å². The summed E-state index contributed by atoms with van der Waals surface area (Å²) < 4.78 is 0. The van der Waals surface area contributed by atoms with Gasteiger partial charge in [-0.1, -0.05) is 0 Å². The fourth-order valence-corrected chi connectivity index (χ4v) is 5.01. The van der Waals surface area contributed by atoms with Crippen molar-refractivity contribution in [3.05, 3.63) is 27.9 Å². The highest BCUT2D eigenvalue weighted by molar-refractivity contribution is 7.14. The van der Waals surface area contributed by atoms with Crippen LogP contribution < -0.4 is 0 Å². The van der Waals surface area contributed by atoms with Gasteiger partial charge in [0.2, 0.25) is 0 Å². The van der Waals surface area contributed by atoms with Crippen LogP contribution in [0.25, 0.3) is 10.6 Å². The first kappa shape index (κ1) is 14.4. The van der Waals surface area contributed by atoms with E-state index in [-0.39, 0.29) is 11.9 Å². The van der Waals surface area contributed by atoms with Crippen LogP contribution >= 0.6 is 22.7 Å². The number of rotatable bonds is 2. The van der Waals surface area contributed by atoms with Gasteiger partial charge in [0.05, 0.1) is 0 Å². The topological polar surface area (TPSA) is 36.4 Å². The second-order valence-corrected chi connectivity index (χ2v) is 7.79. The molecule has 1 amide bonds. The molecule has 2 atom stereocenters. The summed E-state index contributed by atoms with van der Waals surface area (Å²) in [6.45, 7) is 5.19. The van der Waals surface area contributed by atoms with Crippen molar-refractivity contribution in [1.82, 2.24) is 14.8 Å². The Hall–Kier alpha value is -1.24. The molecule has 2 aromatic heterocycles. The molecule has 4 rings (SSSR count). The molecule has 0 bridgehead atoms. The summed E-state index contributed by atoms with van der Waals surface area (Å²) in [6.07, 6.45) is 2.48. The Bertz CT molecular complexity index is 667. The van der Waals surface area contributed by atoms with Crippen LogP contribution in [0.1, 0.15) is 30.3 Å². The van der Waals surface area contributed by atoms with Crippen molar-refractivity contribution < 1.29 is 4.79 Å². The van der Waals surface area contributed by atoms with Crippen LogP contribution in [0.4, 0.5) is 0 Å². The summed E-state index contributed by atoms with van der Waals surface area (Å²) in [5.74, 6) is 0.0942. The third-order valence-electron chi connectivity index (χ3n) is 4.69. The average Bonchev–Trinajstić information content (AvgIpc) is 3.25. The van der Waals surface area contributed by atoms with E-state index in [9.17, 15) is 4.79 Å². The maximum absolute atomic E-state index is 12.8. The summed E-state index contributed by atoms with van der Waals surface area (Å²) in [6, 6.07) is 2.88. The standard InChI is InChI=1S/C16H19N3OS2/c1-11-7-18-5-2-3-13(18)8-19(11)16(20)14-10-22-15(17-14)12-4-6-21-9-12/h4,6,9-11,13H,2-3,5,7-8H2,1H3/t11-,13-/m0/s1. The van der Waals surface area contributed by atoms with E-state index in [0.29, 0.717) is 11.7 Å². The first-order chi connectivity index (χ1) is 10.7. The molecule has 0 radical (unpaired) electrons. The lowest BCUT2D eigenvalue weighted by molar-refractivity contribution is 0.0391. The molecule has 0 unspecified atom stereocenters. The van der Waals surface area contributed by atoms with Crippen LogP contribution in [-0.4, -0.2) is 52.4 Å². The quantitative estimate of drug-likeness (QED) is 0.847. The number of aromatic nitrogens is 1. The Balaban J connectivity index is 1.54. The molecular weight excluding hydrogens is 314 g/mol. The normalized spacial score (nSPS) is 25.4. The van der Waals surface area contributed by atoms with Gasteiger partial charge in [-0.05, 0) is 37.8 Å². The van der Waals surface area contributed by atoms with E-state index in [2.05, 4.69) is 28.3 Å². The molecule has 0 saturated carbocycles. The molecule has 4 nitrogen and oxygen atoms in total. The van der Waals surface area contributed by atoms with Gasteiger partial charge in [-0.2, -0.15) is 11.3 Å². The lowest BCUT2D eigenvalue weighted by Crippen LogP contribution is -2.56. The van der Waals surface area contributed by atoms with Gasteiger partial charge in [0.15, 0.2) is 0 Å². The minimum absolute atomic E-state index is 0.0942. The van der Waals surface area contributed by atoms with Crippen LogP contribution in [0.3, 0.4) is 0 Å². The molecule has 0 spiro atoms. The molecular formula is C16H19N3OS2. The summed E-state index contributed by atoms with van der Waals surface area (Å²) in [4.78, 5) is 22.0. The van der Waals surface area contributed by atoms with Crippen LogP contribution in [0.5, 0.6) is 0 Å². The van der Waals surface area contributed by atoms with E-state index >= 15 is 0 Å². The van der Waals surface area contributed by atoms with E-state index < -0.39 is 0 Å². The highest BCUT2D eigenvalue weighted by Crippen LogP contribution is 2.28. The van der Waals surface area contributed by atoms with Gasteiger partial charge < -0.3 is 4.90 Å². The molecule has 0 aromatic carbocycles. The smallest absolute Gasteiger partial charge is 0.273 e. The maximum Gasteiger partial charge on any atom is 0.273 e. The van der Waals surface area contributed by atoms with Crippen molar-refractivity contribution >= 4 is 28.6 Å². The Labute approximate surface area is 138 Å². The first-order valence-corrected chi connectivity index (χ1v) is 9.58. The molecule has 0 aliphatic carbocycles. The van der Waals surface area contributed by atoms with Gasteiger partial charge in [-0.3, -0.25) is 9.69 Å². The highest BCUT2D eigenvalue weighted by atomic mass is 32.1. The zero-order valence-corrected chi connectivity index (χ0v) is 14.2. The Kier molecular flexibility index (Phi) is 3.76. The van der Waals surface area contributed by atoms with Crippen molar-refractivity contribution in [2.75, 3.05) is 19.6 Å². The number of thiazole rings is 1. The third-order valence-corrected chi connectivity index (χ3v) is 6.26. The summed E-state index contributed by atoms with van der Waals surface area (Å²) in [5, 5.41) is 6.96. The second-order valence-electron chi connectivity index (χ2n) is 6.15. The van der Waals surface area contributed by atoms with Gasteiger partial charge in [-0.15, -0.1) is 11.3 Å². The lowest BCUT2D eigenvalue weighted by atomic mass is 10.1. The minimum Gasteiger partial charge on any atom is -0.332 e. The van der Waals surface area contributed by atoms with E-state index in [1.54, 1.807) is 22.7 Å². The lowest BCUT2D eigenvalue weighted by Gasteiger charge is -2.42. The Morgan fingerprint density at radius 3 is 3.09 bits per heavy atom. The number of amides is 1. The first-order valence-electron chi connectivity index (χ1n) is 7.75. The summed E-state index contributed by atoms with van der Waals surface area (Å²) in [5.41, 5.74) is 1.72. The third kappa shape index (κ3) is 2.49. The zero-order chi connectivity index (χ0) is 15.1. The highest BCUT2D eigenvalue weighted by Gasteiger charge is 2.37. The number of carbonyl (C=O) groups is 1. The molecule has 116 valence electrons. The number of carbonyl (C=O) groups excluding carboxylic acids is 1. The van der Waals surface area contributed by atoms with Crippen molar-refractivity contribution in [3.63, 3.8) is 0 Å². The Morgan fingerprint density at radius 2 is 2.27 bits per heavy atom. The van der Waals surface area contributed by atoms with Crippen molar-refractivity contribution in [2.45, 2.75) is 31.8 Å². The van der Waals surface area contributed by atoms with Crippen molar-refractivity contribution in [1.29, 1.82) is 0 Å². The van der Waals surface area contributed by atoms with Gasteiger partial charge in [-0.25, -0.2) is 4.98 Å². The molecule has 2 aliphatic heterocycles. The van der Waals surface area contributed by atoms with Crippen molar-refractivity contribution in [2.24, 2.45) is 0 Å². The van der Waals surface area contributed by atoms with Crippen LogP contribution in [0.15, 0.2) is 22.2 Å². The number of nitrogens with zero attached hydrogens (tertiary/aromatic N) is 3. The van der Waals surface area contributed by atoms with Gasteiger partial charge in [0.1, 0.15) is 10.7 Å². The number of hydrogen-bond donors (Lipinski definition) is 0. The average molecular weight is 333 g/mol. The van der Waals surface area contributed by atoms with Crippen LogP contribution in [0.2, 0.25) is 0 Å². The molecule has 4 heterocycles. The molecule has 2 saturated heterocycles. The maximum atomic E-state index is 12.8. The predicted molar refractivity (Wildman–Crippen MR) is 90.5 cm³/mol. The van der Waals surface area contributed by atoms with E-state index in [1.165, 1.54) is 19.4 Å². The molecule has 2 aliphatic rings. The molecule has 2 fully saturated rings. The molecule has 6 heteroatoms. The van der Waals surface area contributed by atoms with E-state index in [4.69, 9.17) is 0 Å². The molecule has 0 N–H and O–H groups in total. The summed E-state index contributed by atoms with van der Waals surface area (Å²) >= 11 is 3.21.